The van der Waals surface area contributed by atoms with E-state index in [1.807, 2.05) is 4.90 Å². The predicted molar refractivity (Wildman–Crippen MR) is 71.2 cm³/mol. The molecule has 0 aromatic carbocycles. The van der Waals surface area contributed by atoms with Crippen LogP contribution in [0.2, 0.25) is 0 Å². The van der Waals surface area contributed by atoms with Gasteiger partial charge in [0, 0.05) is 45.5 Å². The number of β-amino-alcohol motifs (C(OH)–C–C–N with tert-alkyl or cyclic N) is 1. The summed E-state index contributed by atoms with van der Waals surface area (Å²) in [4.78, 5) is 9.98. The van der Waals surface area contributed by atoms with Gasteiger partial charge in [0.1, 0.15) is 5.82 Å². The van der Waals surface area contributed by atoms with E-state index in [-0.39, 0.29) is 11.7 Å². The molecule has 1 aliphatic rings. The largest absolute Gasteiger partial charge is 0.391 e. The molecule has 0 saturated carbocycles. The highest BCUT2D eigenvalue weighted by atomic mass is 32.2. The quantitative estimate of drug-likeness (QED) is 0.777. The Kier molecular flexibility index (Phi) is 4.02. The van der Waals surface area contributed by atoms with E-state index in [1.165, 1.54) is 18.4 Å². The van der Waals surface area contributed by atoms with Crippen LogP contribution in [0, 0.1) is 5.92 Å². The van der Waals surface area contributed by atoms with Gasteiger partial charge in [0.15, 0.2) is 0 Å². The van der Waals surface area contributed by atoms with Crippen LogP contribution in [0.5, 0.6) is 0 Å². The molecule has 7 nitrogen and oxygen atoms in total. The van der Waals surface area contributed by atoms with Crippen molar-refractivity contribution in [3.05, 3.63) is 18.6 Å². The molecule has 1 aromatic rings. The molecule has 1 fully saturated rings. The number of hydrogen-bond acceptors (Lipinski definition) is 6. The van der Waals surface area contributed by atoms with Crippen LogP contribution in [-0.2, 0) is 10.0 Å². The topological polar surface area (TPSA) is 86.6 Å². The number of rotatable bonds is 4. The van der Waals surface area contributed by atoms with Crippen molar-refractivity contribution >= 4 is 15.8 Å². The zero-order valence-corrected chi connectivity index (χ0v) is 11.8. The van der Waals surface area contributed by atoms with Crippen molar-refractivity contribution in [3.63, 3.8) is 0 Å². The molecule has 106 valence electrons. The van der Waals surface area contributed by atoms with Gasteiger partial charge in [-0.15, -0.1) is 0 Å². The molecule has 1 saturated heterocycles. The molecule has 8 heteroatoms. The molecule has 19 heavy (non-hydrogen) atoms. The second-order valence-electron chi connectivity index (χ2n) is 4.86. The van der Waals surface area contributed by atoms with E-state index >= 15 is 0 Å². The van der Waals surface area contributed by atoms with Crippen LogP contribution in [0.3, 0.4) is 0 Å². The third kappa shape index (κ3) is 3.20. The number of aliphatic hydroxyl groups is 1. The highest BCUT2D eigenvalue weighted by Gasteiger charge is 2.35. The zero-order valence-electron chi connectivity index (χ0n) is 11.0. The van der Waals surface area contributed by atoms with Gasteiger partial charge in [-0.25, -0.2) is 17.7 Å². The third-order valence-electron chi connectivity index (χ3n) is 3.26. The van der Waals surface area contributed by atoms with Crippen LogP contribution >= 0.6 is 0 Å². The maximum atomic E-state index is 11.8. The highest BCUT2D eigenvalue weighted by molar-refractivity contribution is 7.89. The first-order valence-electron chi connectivity index (χ1n) is 5.99. The molecule has 0 bridgehead atoms. The zero-order chi connectivity index (χ0) is 14.0. The van der Waals surface area contributed by atoms with Crippen molar-refractivity contribution in [1.82, 2.24) is 14.3 Å². The first-order chi connectivity index (χ1) is 8.90. The Morgan fingerprint density at radius 3 is 2.74 bits per heavy atom. The second-order valence-corrected chi connectivity index (χ2v) is 7.08. The van der Waals surface area contributed by atoms with Gasteiger partial charge in [-0.3, -0.25) is 4.98 Å². The SMILES string of the molecule is CN(C)S(=O)(=O)C[C@@H]1CN(c2cnccn2)C[C@@H]1O. The van der Waals surface area contributed by atoms with Crippen LogP contribution in [0.4, 0.5) is 5.82 Å². The van der Waals surface area contributed by atoms with Gasteiger partial charge in [-0.05, 0) is 0 Å². The second kappa shape index (κ2) is 5.40. The number of nitrogens with zero attached hydrogens (tertiary/aromatic N) is 4. The average Bonchev–Trinajstić information content (AvgIpc) is 2.71. The summed E-state index contributed by atoms with van der Waals surface area (Å²) in [5, 5.41) is 9.99. The molecule has 0 unspecified atom stereocenters. The molecular weight excluding hydrogens is 268 g/mol. The lowest BCUT2D eigenvalue weighted by Crippen LogP contribution is -2.33. The minimum atomic E-state index is -3.31. The Morgan fingerprint density at radius 1 is 1.42 bits per heavy atom. The molecular formula is C11H18N4O3S. The first-order valence-corrected chi connectivity index (χ1v) is 7.60. The molecule has 0 spiro atoms. The molecule has 2 rings (SSSR count). The average molecular weight is 286 g/mol. The number of anilines is 1. The highest BCUT2D eigenvalue weighted by Crippen LogP contribution is 2.23. The fourth-order valence-electron chi connectivity index (χ4n) is 2.08. The number of hydrogen-bond donors (Lipinski definition) is 1. The minimum absolute atomic E-state index is 0.0576. The maximum absolute atomic E-state index is 11.8. The molecule has 1 aromatic heterocycles. The standard InChI is InChI=1S/C11H18N4O3S/c1-14(2)19(17,18)8-9-6-15(7-10(9)16)11-5-12-3-4-13-11/h3-5,9-10,16H,6-8H2,1-2H3/t9-,10-/m0/s1. The van der Waals surface area contributed by atoms with E-state index in [9.17, 15) is 13.5 Å². The summed E-state index contributed by atoms with van der Waals surface area (Å²) in [6.45, 7) is 0.846. The summed E-state index contributed by atoms with van der Waals surface area (Å²) >= 11 is 0. The molecule has 1 aliphatic heterocycles. The van der Waals surface area contributed by atoms with Gasteiger partial charge in [-0.2, -0.15) is 0 Å². The molecule has 0 amide bonds. The molecule has 2 atom stereocenters. The summed E-state index contributed by atoms with van der Waals surface area (Å²) in [6, 6.07) is 0. The number of sulfonamides is 1. The lowest BCUT2D eigenvalue weighted by Gasteiger charge is -2.18. The summed E-state index contributed by atoms with van der Waals surface area (Å²) in [6.07, 6.45) is 4.09. The van der Waals surface area contributed by atoms with Crippen molar-refractivity contribution < 1.29 is 13.5 Å². The molecule has 0 aliphatic carbocycles. The van der Waals surface area contributed by atoms with E-state index < -0.39 is 16.1 Å². The normalized spacial score (nSPS) is 24.1. The van der Waals surface area contributed by atoms with Crippen LogP contribution in [0.25, 0.3) is 0 Å². The van der Waals surface area contributed by atoms with Gasteiger partial charge in [0.25, 0.3) is 0 Å². The summed E-state index contributed by atoms with van der Waals surface area (Å²) in [5.74, 6) is 0.290. The van der Waals surface area contributed by atoms with Crippen LogP contribution in [0.15, 0.2) is 18.6 Å². The van der Waals surface area contributed by atoms with Crippen molar-refractivity contribution in [2.45, 2.75) is 6.10 Å². The minimum Gasteiger partial charge on any atom is -0.391 e. The molecule has 0 radical (unpaired) electrons. The smallest absolute Gasteiger partial charge is 0.214 e. The Bertz CT molecular complexity index is 520. The summed E-state index contributed by atoms with van der Waals surface area (Å²) in [5.41, 5.74) is 0. The Morgan fingerprint density at radius 2 is 2.16 bits per heavy atom. The third-order valence-corrected chi connectivity index (χ3v) is 5.22. The van der Waals surface area contributed by atoms with Crippen molar-refractivity contribution in [2.75, 3.05) is 37.8 Å². The van der Waals surface area contributed by atoms with Crippen molar-refractivity contribution in [2.24, 2.45) is 5.92 Å². The predicted octanol–water partition coefficient (Wildman–Crippen LogP) is -0.835. The first kappa shape index (κ1) is 14.2. The van der Waals surface area contributed by atoms with E-state index in [2.05, 4.69) is 9.97 Å². The van der Waals surface area contributed by atoms with Gasteiger partial charge in [-0.1, -0.05) is 0 Å². The molecule has 2 heterocycles. The van der Waals surface area contributed by atoms with Gasteiger partial charge in [0.05, 0.1) is 18.1 Å². The maximum Gasteiger partial charge on any atom is 0.214 e. The Hall–Kier alpha value is -1.25. The fourth-order valence-corrected chi connectivity index (χ4v) is 3.25. The van der Waals surface area contributed by atoms with Gasteiger partial charge >= 0.3 is 0 Å². The Balaban J connectivity index is 2.07. The number of aromatic nitrogens is 2. The summed E-state index contributed by atoms with van der Waals surface area (Å²) < 4.78 is 24.9. The van der Waals surface area contributed by atoms with Gasteiger partial charge in [0.2, 0.25) is 10.0 Å². The van der Waals surface area contributed by atoms with E-state index in [4.69, 9.17) is 0 Å². The van der Waals surface area contributed by atoms with Crippen molar-refractivity contribution in [3.8, 4) is 0 Å². The monoisotopic (exact) mass is 286 g/mol. The van der Waals surface area contributed by atoms with E-state index in [1.54, 1.807) is 18.6 Å². The number of aliphatic hydroxyl groups excluding tert-OH is 1. The Labute approximate surface area is 112 Å². The van der Waals surface area contributed by atoms with Crippen LogP contribution < -0.4 is 4.90 Å². The van der Waals surface area contributed by atoms with Crippen LogP contribution in [-0.4, -0.2) is 66.8 Å². The lowest BCUT2D eigenvalue weighted by molar-refractivity contribution is 0.157. The fraction of sp³-hybridized carbons (Fsp3) is 0.636. The van der Waals surface area contributed by atoms with Crippen LogP contribution in [0.1, 0.15) is 0 Å². The van der Waals surface area contributed by atoms with Gasteiger partial charge < -0.3 is 10.0 Å². The lowest BCUT2D eigenvalue weighted by atomic mass is 10.1. The molecule has 1 N–H and O–H groups in total. The summed E-state index contributed by atoms with van der Waals surface area (Å²) in [7, 11) is -0.315. The van der Waals surface area contributed by atoms with E-state index in [0.717, 1.165) is 0 Å². The van der Waals surface area contributed by atoms with E-state index in [0.29, 0.717) is 18.9 Å². The van der Waals surface area contributed by atoms with Crippen molar-refractivity contribution in [1.29, 1.82) is 0 Å².